The lowest BCUT2D eigenvalue weighted by molar-refractivity contribution is 0.480. The van der Waals surface area contributed by atoms with E-state index in [1.165, 1.54) is 85.2 Å². The average Bonchev–Trinajstić information content (AvgIpc) is 3.94. The first kappa shape index (κ1) is 30.3. The summed E-state index contributed by atoms with van der Waals surface area (Å²) in [4.78, 5) is 2.43. The second-order valence-corrected chi connectivity index (χ2v) is 17.2. The molecule has 9 aromatic rings. The largest absolute Gasteiger partial charge is 0.337 e. The molecule has 2 unspecified atom stereocenters. The maximum absolute atomic E-state index is 9.67. The molecule has 240 valence electrons. The lowest BCUT2D eigenvalue weighted by atomic mass is 10.1. The molecule has 7 aromatic heterocycles. The van der Waals surface area contributed by atoms with Crippen molar-refractivity contribution in [3.8, 4) is 27.0 Å². The smallest absolute Gasteiger partial charge is 0.123 e. The average molecular weight is 722 g/mol. The van der Waals surface area contributed by atoms with Crippen molar-refractivity contribution in [3.63, 3.8) is 0 Å². The maximum atomic E-state index is 9.67. The molecule has 2 atom stereocenters. The van der Waals surface area contributed by atoms with Crippen LogP contribution in [0.5, 0.6) is 0 Å². The predicted octanol–water partition coefficient (Wildman–Crippen LogP) is 11.7. The molecule has 0 N–H and O–H groups in total. The molecule has 12 heteroatoms. The van der Waals surface area contributed by atoms with Crippen LogP contribution in [0, 0.1) is 30.1 Å². The first-order valence-electron chi connectivity index (χ1n) is 16.3. The van der Waals surface area contributed by atoms with Gasteiger partial charge >= 0.3 is 0 Å². The minimum atomic E-state index is 0.535. The van der Waals surface area contributed by atoms with E-state index in [0.29, 0.717) is 22.9 Å². The molecule has 0 radical (unpaired) electrons. The Bertz CT molecular complexity index is 2740. The van der Waals surface area contributed by atoms with Crippen LogP contribution >= 0.6 is 57.5 Å². The molecule has 0 bridgehead atoms. The molecule has 0 fully saturated rings. The van der Waals surface area contributed by atoms with Gasteiger partial charge in [0.15, 0.2) is 0 Å². The van der Waals surface area contributed by atoms with Gasteiger partial charge in [0, 0.05) is 34.0 Å². The standard InChI is InChI=1S/C36H31N7S5/c1-6-17(3)15-42-23-12-25(21-10-8-19(5)27-29(21)40-47-38-27)44-33(23)35-31(42)32-36(46-35)34-24(43(32)16-18(4)7-2)13-26(45-34)22-11-9-20(14-37)28-30(22)41-48-39-28/h8-13,17-18H,6-7,15-16H2,1-5H3. The van der Waals surface area contributed by atoms with Gasteiger partial charge < -0.3 is 9.13 Å². The third-order valence-corrected chi connectivity index (χ3v) is 14.8. The summed E-state index contributed by atoms with van der Waals surface area (Å²) in [5.41, 5.74) is 12.9. The Morgan fingerprint density at radius 2 is 1.17 bits per heavy atom. The minimum absolute atomic E-state index is 0.535. The van der Waals surface area contributed by atoms with Crippen molar-refractivity contribution in [1.82, 2.24) is 26.6 Å². The van der Waals surface area contributed by atoms with E-state index < -0.39 is 0 Å². The third-order valence-electron chi connectivity index (χ3n) is 9.88. The van der Waals surface area contributed by atoms with Crippen molar-refractivity contribution in [2.45, 2.75) is 60.5 Å². The summed E-state index contributed by atoms with van der Waals surface area (Å²) in [5, 5.41) is 9.67. The van der Waals surface area contributed by atoms with Crippen LogP contribution in [0.1, 0.15) is 51.7 Å². The number of hydrogen-bond donors (Lipinski definition) is 0. The highest BCUT2D eigenvalue weighted by Gasteiger charge is 2.28. The minimum Gasteiger partial charge on any atom is -0.337 e. The zero-order valence-electron chi connectivity index (χ0n) is 27.1. The Hall–Kier alpha value is -3.73. The Morgan fingerprint density at radius 1 is 0.667 bits per heavy atom. The van der Waals surface area contributed by atoms with Crippen molar-refractivity contribution < 1.29 is 0 Å². The van der Waals surface area contributed by atoms with Crippen molar-refractivity contribution in [3.05, 3.63) is 47.5 Å². The van der Waals surface area contributed by atoms with Crippen LogP contribution in [0.3, 0.4) is 0 Å². The van der Waals surface area contributed by atoms with Crippen molar-refractivity contribution in [1.29, 1.82) is 5.26 Å². The molecule has 9 rings (SSSR count). The number of thiophene rings is 3. The van der Waals surface area contributed by atoms with Gasteiger partial charge in [0.2, 0.25) is 0 Å². The Labute approximate surface area is 297 Å². The summed E-state index contributed by atoms with van der Waals surface area (Å²) in [6, 6.07) is 15.4. The topological polar surface area (TPSA) is 85.2 Å². The number of nitriles is 1. The van der Waals surface area contributed by atoms with Gasteiger partial charge in [-0.05, 0) is 48.6 Å². The quantitative estimate of drug-likeness (QED) is 0.156. The molecule has 0 amide bonds. The molecule has 0 saturated carbocycles. The normalized spacial score (nSPS) is 13.7. The van der Waals surface area contributed by atoms with Crippen molar-refractivity contribution in [2.75, 3.05) is 0 Å². The number of aryl methyl sites for hydroxylation is 1. The van der Waals surface area contributed by atoms with E-state index in [0.717, 1.165) is 48.0 Å². The zero-order valence-corrected chi connectivity index (χ0v) is 31.2. The van der Waals surface area contributed by atoms with E-state index in [4.69, 9.17) is 4.37 Å². The van der Waals surface area contributed by atoms with Crippen molar-refractivity contribution in [2.24, 2.45) is 11.8 Å². The number of benzene rings is 2. The molecule has 7 nitrogen and oxygen atoms in total. The van der Waals surface area contributed by atoms with Gasteiger partial charge in [-0.3, -0.25) is 0 Å². The van der Waals surface area contributed by atoms with Crippen LogP contribution in [0.15, 0.2) is 36.4 Å². The fraction of sp³-hybridized carbons (Fsp3) is 0.306. The number of aromatic nitrogens is 6. The van der Waals surface area contributed by atoms with Gasteiger partial charge in [-0.15, -0.1) is 34.0 Å². The van der Waals surface area contributed by atoms with Gasteiger partial charge in [-0.25, -0.2) is 0 Å². The summed E-state index contributed by atoms with van der Waals surface area (Å²) >= 11 is 8.16. The second kappa shape index (κ2) is 11.4. The molecular weight excluding hydrogens is 691 g/mol. The van der Waals surface area contributed by atoms with E-state index >= 15 is 0 Å². The van der Waals surface area contributed by atoms with Crippen LogP contribution < -0.4 is 0 Å². The van der Waals surface area contributed by atoms with Crippen LogP contribution in [0.25, 0.3) is 83.8 Å². The molecule has 7 heterocycles. The summed E-state index contributed by atoms with van der Waals surface area (Å²) in [5.74, 6) is 1.08. The number of nitrogens with zero attached hydrogens (tertiary/aromatic N) is 7. The van der Waals surface area contributed by atoms with E-state index in [1.54, 1.807) is 0 Å². The summed E-state index contributed by atoms with van der Waals surface area (Å²) in [6.45, 7) is 13.4. The lowest BCUT2D eigenvalue weighted by Gasteiger charge is -2.15. The fourth-order valence-corrected chi connectivity index (χ4v) is 12.0. The molecule has 0 aliphatic carbocycles. The summed E-state index contributed by atoms with van der Waals surface area (Å²) < 4.78 is 29.1. The van der Waals surface area contributed by atoms with E-state index in [9.17, 15) is 5.26 Å². The first-order valence-corrected chi connectivity index (χ1v) is 20.2. The van der Waals surface area contributed by atoms with E-state index in [2.05, 4.69) is 87.2 Å². The molecule has 0 aliphatic rings. The third kappa shape index (κ3) is 4.38. The van der Waals surface area contributed by atoms with Gasteiger partial charge in [-0.1, -0.05) is 52.7 Å². The maximum Gasteiger partial charge on any atom is 0.123 e. The van der Waals surface area contributed by atoms with Gasteiger partial charge in [0.1, 0.15) is 28.1 Å². The number of hydrogen-bond acceptors (Lipinski definition) is 10. The Morgan fingerprint density at radius 3 is 1.71 bits per heavy atom. The SMILES string of the molecule is CCC(C)Cn1c2cc(-c3ccc(C)c4nsnc34)sc2c2sc3c4sc(-c5ccc(C#N)c6nsnc56)cc4n(CC(C)CC)c3c21. The highest BCUT2D eigenvalue weighted by atomic mass is 32.1. The summed E-state index contributed by atoms with van der Waals surface area (Å²) in [7, 11) is 0. The van der Waals surface area contributed by atoms with Crippen LogP contribution in [-0.2, 0) is 13.1 Å². The Kier molecular flexibility index (Phi) is 7.22. The van der Waals surface area contributed by atoms with Crippen LogP contribution in [0.2, 0.25) is 0 Å². The number of rotatable bonds is 8. The number of fused-ring (bicyclic) bond motifs is 9. The molecule has 0 saturated heterocycles. The van der Waals surface area contributed by atoms with Gasteiger partial charge in [0.05, 0.1) is 69.9 Å². The first-order chi connectivity index (χ1) is 23.4. The zero-order chi connectivity index (χ0) is 32.8. The lowest BCUT2D eigenvalue weighted by Crippen LogP contribution is -2.09. The molecule has 2 aromatic carbocycles. The predicted molar refractivity (Wildman–Crippen MR) is 207 cm³/mol. The van der Waals surface area contributed by atoms with Gasteiger partial charge in [0.25, 0.3) is 0 Å². The molecule has 0 spiro atoms. The monoisotopic (exact) mass is 721 g/mol. The van der Waals surface area contributed by atoms with Crippen LogP contribution in [-0.4, -0.2) is 26.6 Å². The highest BCUT2D eigenvalue weighted by molar-refractivity contribution is 7.35. The van der Waals surface area contributed by atoms with E-state index in [-0.39, 0.29) is 0 Å². The summed E-state index contributed by atoms with van der Waals surface area (Å²) in [6.07, 6.45) is 2.25. The second-order valence-electron chi connectivity index (χ2n) is 13.0. The highest BCUT2D eigenvalue weighted by Crippen LogP contribution is 2.52. The molecule has 48 heavy (non-hydrogen) atoms. The van der Waals surface area contributed by atoms with Gasteiger partial charge in [-0.2, -0.15) is 22.8 Å². The van der Waals surface area contributed by atoms with Crippen molar-refractivity contribution >= 4 is 120 Å². The Balaban J connectivity index is 1.32. The van der Waals surface area contributed by atoms with E-state index in [1.807, 2.05) is 46.1 Å². The molecule has 0 aliphatic heterocycles. The fourth-order valence-electron chi connectivity index (χ4n) is 6.82. The molecular formula is C36H31N7S5. The van der Waals surface area contributed by atoms with Crippen LogP contribution in [0.4, 0.5) is 0 Å².